The van der Waals surface area contributed by atoms with Gasteiger partial charge in [-0.1, -0.05) is 29.6 Å². The normalized spacial score (nSPS) is 14.8. The Bertz CT molecular complexity index is 1080. The molecule has 1 amide bonds. The first-order chi connectivity index (χ1) is 14.5. The summed E-state index contributed by atoms with van der Waals surface area (Å²) in [6.07, 6.45) is 3.24. The van der Waals surface area contributed by atoms with Gasteiger partial charge >= 0.3 is 0 Å². The Morgan fingerprint density at radius 3 is 2.60 bits per heavy atom. The number of hydrazine groups is 1. The van der Waals surface area contributed by atoms with Gasteiger partial charge in [0.25, 0.3) is 5.91 Å². The van der Waals surface area contributed by atoms with Crippen LogP contribution in [0.3, 0.4) is 0 Å². The fourth-order valence-electron chi connectivity index (χ4n) is 3.51. The smallest absolute Gasteiger partial charge is 0.286 e. The molecular weight excluding hydrogens is 511 g/mol. The molecule has 30 heavy (non-hydrogen) atoms. The minimum Gasteiger partial charge on any atom is -0.392 e. The summed E-state index contributed by atoms with van der Waals surface area (Å²) in [5.41, 5.74) is 4.76. The first kappa shape index (κ1) is 21.8. The summed E-state index contributed by atoms with van der Waals surface area (Å²) in [7, 11) is 0. The number of rotatable bonds is 5. The molecule has 0 aliphatic carbocycles. The van der Waals surface area contributed by atoms with Gasteiger partial charge in [0.15, 0.2) is 5.69 Å². The molecule has 1 saturated heterocycles. The Balaban J connectivity index is 1.83. The van der Waals surface area contributed by atoms with E-state index in [2.05, 4.69) is 26.5 Å². The molecule has 0 radical (unpaired) electrons. The lowest BCUT2D eigenvalue weighted by Gasteiger charge is -2.26. The van der Waals surface area contributed by atoms with E-state index < -0.39 is 0 Å². The fraction of sp³-hybridized carbons (Fsp3) is 0.300. The molecule has 0 saturated carbocycles. The van der Waals surface area contributed by atoms with Crippen molar-refractivity contribution in [2.75, 3.05) is 13.1 Å². The number of aliphatic hydroxyl groups excluding tert-OH is 1. The molecule has 2 aromatic heterocycles. The van der Waals surface area contributed by atoms with Crippen LogP contribution in [0, 0.1) is 0 Å². The van der Waals surface area contributed by atoms with Gasteiger partial charge in [-0.15, -0.1) is 11.3 Å². The van der Waals surface area contributed by atoms with Crippen LogP contribution in [0.25, 0.3) is 16.3 Å². The second-order valence-corrected chi connectivity index (χ2v) is 10.2. The zero-order chi connectivity index (χ0) is 21.3. The van der Waals surface area contributed by atoms with Gasteiger partial charge in [-0.3, -0.25) is 10.2 Å². The summed E-state index contributed by atoms with van der Waals surface area (Å²) in [5.74, 6) is -0.346. The minimum absolute atomic E-state index is 0.175. The number of amides is 1. The molecule has 3 aromatic rings. The molecule has 3 heterocycles. The maximum Gasteiger partial charge on any atom is 0.286 e. The van der Waals surface area contributed by atoms with E-state index in [1.54, 1.807) is 22.9 Å². The number of carbonyl (C=O) groups excluding carboxylic acids is 1. The van der Waals surface area contributed by atoms with E-state index in [9.17, 15) is 9.90 Å². The number of aliphatic hydroxyl groups is 1. The molecule has 2 N–H and O–H groups in total. The van der Waals surface area contributed by atoms with Crippen LogP contribution in [0.4, 0.5) is 0 Å². The number of carbonyl (C=O) groups is 1. The molecule has 1 aromatic carbocycles. The molecular formula is C20H19BrCl2N4O2S. The van der Waals surface area contributed by atoms with Gasteiger partial charge in [0.1, 0.15) is 0 Å². The van der Waals surface area contributed by atoms with E-state index in [0.29, 0.717) is 27.0 Å². The van der Waals surface area contributed by atoms with Gasteiger partial charge in [0.05, 0.1) is 31.7 Å². The monoisotopic (exact) mass is 528 g/mol. The largest absolute Gasteiger partial charge is 0.392 e. The molecule has 4 rings (SSSR count). The summed E-state index contributed by atoms with van der Waals surface area (Å²) in [4.78, 5) is 13.9. The first-order valence-corrected chi connectivity index (χ1v) is 11.8. The van der Waals surface area contributed by atoms with Gasteiger partial charge in [0, 0.05) is 23.7 Å². The summed E-state index contributed by atoms with van der Waals surface area (Å²) >= 11 is 17.5. The average molecular weight is 530 g/mol. The quantitative estimate of drug-likeness (QED) is 0.471. The Morgan fingerprint density at radius 1 is 1.20 bits per heavy atom. The van der Waals surface area contributed by atoms with E-state index >= 15 is 0 Å². The number of hydrogen-bond acceptors (Lipinski definition) is 5. The van der Waals surface area contributed by atoms with Crippen molar-refractivity contribution in [3.8, 4) is 16.3 Å². The third-order valence-corrected chi connectivity index (χ3v) is 7.09. The van der Waals surface area contributed by atoms with Crippen molar-refractivity contribution in [3.05, 3.63) is 55.4 Å². The highest BCUT2D eigenvalue weighted by Gasteiger charge is 2.27. The Morgan fingerprint density at radius 2 is 1.97 bits per heavy atom. The minimum atomic E-state index is -0.346. The van der Waals surface area contributed by atoms with Crippen LogP contribution in [0.1, 0.15) is 35.3 Å². The van der Waals surface area contributed by atoms with Crippen LogP contribution in [0.15, 0.2) is 34.1 Å². The Kier molecular flexibility index (Phi) is 6.81. The van der Waals surface area contributed by atoms with Crippen molar-refractivity contribution in [3.63, 3.8) is 0 Å². The molecule has 0 spiro atoms. The molecule has 1 fully saturated rings. The van der Waals surface area contributed by atoms with Crippen LogP contribution in [0.2, 0.25) is 10.0 Å². The highest BCUT2D eigenvalue weighted by molar-refractivity contribution is 9.11. The van der Waals surface area contributed by atoms with E-state index in [1.165, 1.54) is 11.3 Å². The SMILES string of the molecule is O=C(NN1CCCCC1)c1nn(-c2ccc(Cl)cc2Cl)c(-c2ccc(Br)s2)c1CO. The average Bonchev–Trinajstić information content (AvgIpc) is 3.32. The van der Waals surface area contributed by atoms with Crippen molar-refractivity contribution in [2.45, 2.75) is 25.9 Å². The standard InChI is InChI=1S/C20H19BrCl2N4O2S/c21-17-7-6-16(30-17)19-13(11-28)18(20(29)25-26-8-2-1-3-9-26)24-27(19)15-5-4-12(22)10-14(15)23/h4-7,10,28H,1-3,8-9,11H2,(H,25,29). The van der Waals surface area contributed by atoms with E-state index in [1.807, 2.05) is 17.1 Å². The summed E-state index contributed by atoms with van der Waals surface area (Å²) in [5, 5.41) is 17.6. The number of aromatic nitrogens is 2. The lowest BCUT2D eigenvalue weighted by atomic mass is 10.1. The van der Waals surface area contributed by atoms with Crippen molar-refractivity contribution in [2.24, 2.45) is 0 Å². The first-order valence-electron chi connectivity index (χ1n) is 9.47. The number of nitrogens with one attached hydrogen (secondary N) is 1. The van der Waals surface area contributed by atoms with Crippen molar-refractivity contribution in [1.82, 2.24) is 20.2 Å². The topological polar surface area (TPSA) is 70.4 Å². The lowest BCUT2D eigenvalue weighted by Crippen LogP contribution is -2.45. The molecule has 10 heteroatoms. The van der Waals surface area contributed by atoms with Gasteiger partial charge in [-0.05, 0) is 59.1 Å². The second kappa shape index (κ2) is 9.38. The summed E-state index contributed by atoms with van der Waals surface area (Å²) in [6.45, 7) is 1.27. The van der Waals surface area contributed by atoms with Crippen LogP contribution < -0.4 is 5.43 Å². The van der Waals surface area contributed by atoms with Crippen LogP contribution in [-0.4, -0.2) is 38.9 Å². The predicted molar refractivity (Wildman–Crippen MR) is 123 cm³/mol. The molecule has 1 aliphatic heterocycles. The molecule has 0 bridgehead atoms. The number of piperidine rings is 1. The van der Waals surface area contributed by atoms with E-state index in [4.69, 9.17) is 23.2 Å². The third-order valence-electron chi connectivity index (χ3n) is 4.92. The Hall–Kier alpha value is -1.42. The van der Waals surface area contributed by atoms with Gasteiger partial charge < -0.3 is 5.11 Å². The number of halogens is 3. The van der Waals surface area contributed by atoms with Gasteiger partial charge in [0.2, 0.25) is 0 Å². The summed E-state index contributed by atoms with van der Waals surface area (Å²) in [6, 6.07) is 8.91. The predicted octanol–water partition coefficient (Wildman–Crippen LogP) is 5.29. The zero-order valence-corrected chi connectivity index (χ0v) is 19.8. The molecule has 0 atom stereocenters. The molecule has 6 nitrogen and oxygen atoms in total. The van der Waals surface area contributed by atoms with E-state index in [0.717, 1.165) is 41.0 Å². The molecule has 1 aliphatic rings. The maximum atomic E-state index is 13.1. The fourth-order valence-corrected chi connectivity index (χ4v) is 5.44. The number of hydrogen-bond donors (Lipinski definition) is 2. The lowest BCUT2D eigenvalue weighted by molar-refractivity contribution is 0.0741. The number of benzene rings is 1. The van der Waals surface area contributed by atoms with Crippen LogP contribution in [-0.2, 0) is 6.61 Å². The van der Waals surface area contributed by atoms with Gasteiger partial charge in [-0.2, -0.15) is 5.10 Å². The van der Waals surface area contributed by atoms with Crippen LogP contribution in [0.5, 0.6) is 0 Å². The molecule has 158 valence electrons. The maximum absolute atomic E-state index is 13.1. The van der Waals surface area contributed by atoms with Crippen molar-refractivity contribution < 1.29 is 9.90 Å². The highest BCUT2D eigenvalue weighted by atomic mass is 79.9. The summed E-state index contributed by atoms with van der Waals surface area (Å²) < 4.78 is 2.53. The highest BCUT2D eigenvalue weighted by Crippen LogP contribution is 2.38. The third kappa shape index (κ3) is 4.44. The second-order valence-electron chi connectivity index (χ2n) is 6.93. The van der Waals surface area contributed by atoms with Crippen LogP contribution >= 0.6 is 50.5 Å². The van der Waals surface area contributed by atoms with Crippen molar-refractivity contribution >= 4 is 56.4 Å². The molecule has 0 unspecified atom stereocenters. The number of thiophene rings is 1. The zero-order valence-electron chi connectivity index (χ0n) is 15.9. The van der Waals surface area contributed by atoms with E-state index in [-0.39, 0.29) is 18.2 Å². The Labute approximate surface area is 196 Å². The van der Waals surface area contributed by atoms with Gasteiger partial charge in [-0.25, -0.2) is 9.69 Å². The number of nitrogens with zero attached hydrogens (tertiary/aromatic N) is 3. The van der Waals surface area contributed by atoms with Crippen molar-refractivity contribution in [1.29, 1.82) is 0 Å².